The SMILES string of the molecule is CNC(=O)NC1=CCCC1. The van der Waals surface area contributed by atoms with Crippen LogP contribution in [0.3, 0.4) is 0 Å². The van der Waals surface area contributed by atoms with E-state index in [4.69, 9.17) is 0 Å². The largest absolute Gasteiger partial charge is 0.341 e. The molecule has 0 radical (unpaired) electrons. The van der Waals surface area contributed by atoms with Crippen molar-refractivity contribution in [1.29, 1.82) is 0 Å². The third-order valence-electron chi connectivity index (χ3n) is 1.54. The molecular formula is C7H12N2O. The summed E-state index contributed by atoms with van der Waals surface area (Å²) in [6, 6.07) is -0.117. The van der Waals surface area contributed by atoms with Crippen molar-refractivity contribution >= 4 is 6.03 Å². The summed E-state index contributed by atoms with van der Waals surface area (Å²) in [5.41, 5.74) is 1.05. The van der Waals surface area contributed by atoms with E-state index in [9.17, 15) is 4.79 Å². The van der Waals surface area contributed by atoms with Gasteiger partial charge in [-0.3, -0.25) is 0 Å². The number of amides is 2. The lowest BCUT2D eigenvalue weighted by Gasteiger charge is -2.02. The molecular weight excluding hydrogens is 128 g/mol. The van der Waals surface area contributed by atoms with Gasteiger partial charge in [-0.25, -0.2) is 4.79 Å². The Morgan fingerprint density at radius 3 is 3.00 bits per heavy atom. The highest BCUT2D eigenvalue weighted by Gasteiger charge is 2.05. The van der Waals surface area contributed by atoms with Crippen LogP contribution in [0.25, 0.3) is 0 Å². The Kier molecular flexibility index (Phi) is 2.31. The molecule has 0 aromatic rings. The van der Waals surface area contributed by atoms with Crippen LogP contribution in [0.5, 0.6) is 0 Å². The zero-order valence-corrected chi connectivity index (χ0v) is 6.11. The summed E-state index contributed by atoms with van der Waals surface area (Å²) in [4.78, 5) is 10.7. The van der Waals surface area contributed by atoms with E-state index in [0.717, 1.165) is 18.5 Å². The van der Waals surface area contributed by atoms with Gasteiger partial charge in [0.15, 0.2) is 0 Å². The maximum absolute atomic E-state index is 10.7. The van der Waals surface area contributed by atoms with Crippen LogP contribution in [-0.4, -0.2) is 13.1 Å². The first-order valence-corrected chi connectivity index (χ1v) is 3.50. The molecule has 0 unspecified atom stereocenters. The van der Waals surface area contributed by atoms with E-state index in [1.54, 1.807) is 7.05 Å². The second-order valence-corrected chi connectivity index (χ2v) is 2.33. The standard InChI is InChI=1S/C7H12N2O/c1-8-7(10)9-6-4-2-3-5-6/h4H,2-3,5H2,1H3,(H2,8,9,10). The first kappa shape index (κ1) is 7.12. The predicted molar refractivity (Wildman–Crippen MR) is 39.5 cm³/mol. The van der Waals surface area contributed by atoms with Crippen LogP contribution < -0.4 is 10.6 Å². The summed E-state index contributed by atoms with van der Waals surface area (Å²) in [5.74, 6) is 0. The van der Waals surface area contributed by atoms with Gasteiger partial charge < -0.3 is 10.6 Å². The molecule has 2 N–H and O–H groups in total. The van der Waals surface area contributed by atoms with Crippen LogP contribution in [0.15, 0.2) is 11.8 Å². The monoisotopic (exact) mass is 140 g/mol. The number of carbonyl (C=O) groups excluding carboxylic acids is 1. The van der Waals surface area contributed by atoms with Crippen molar-refractivity contribution in [1.82, 2.24) is 10.6 Å². The minimum atomic E-state index is -0.117. The van der Waals surface area contributed by atoms with Crippen molar-refractivity contribution in [3.8, 4) is 0 Å². The van der Waals surface area contributed by atoms with Crippen LogP contribution in [0.2, 0.25) is 0 Å². The quantitative estimate of drug-likeness (QED) is 0.560. The van der Waals surface area contributed by atoms with Crippen molar-refractivity contribution in [2.45, 2.75) is 19.3 Å². The molecule has 0 fully saturated rings. The van der Waals surface area contributed by atoms with Crippen molar-refractivity contribution < 1.29 is 4.79 Å². The normalized spacial score (nSPS) is 16.3. The summed E-state index contributed by atoms with van der Waals surface area (Å²) in [7, 11) is 1.62. The first-order valence-electron chi connectivity index (χ1n) is 3.50. The zero-order valence-electron chi connectivity index (χ0n) is 6.11. The van der Waals surface area contributed by atoms with E-state index in [0.29, 0.717) is 0 Å². The summed E-state index contributed by atoms with van der Waals surface area (Å²) in [5, 5.41) is 5.24. The van der Waals surface area contributed by atoms with Gasteiger partial charge in [0.25, 0.3) is 0 Å². The van der Waals surface area contributed by atoms with Gasteiger partial charge in [-0.2, -0.15) is 0 Å². The highest BCUT2D eigenvalue weighted by molar-refractivity contribution is 5.75. The van der Waals surface area contributed by atoms with Gasteiger partial charge in [0.05, 0.1) is 0 Å². The Morgan fingerprint density at radius 1 is 1.70 bits per heavy atom. The Morgan fingerprint density at radius 2 is 2.50 bits per heavy atom. The number of hydrogen-bond donors (Lipinski definition) is 2. The third kappa shape index (κ3) is 1.76. The minimum absolute atomic E-state index is 0.117. The van der Waals surface area contributed by atoms with E-state index in [-0.39, 0.29) is 6.03 Å². The summed E-state index contributed by atoms with van der Waals surface area (Å²) < 4.78 is 0. The summed E-state index contributed by atoms with van der Waals surface area (Å²) in [6.45, 7) is 0. The maximum Gasteiger partial charge on any atom is 0.318 e. The molecule has 3 heteroatoms. The van der Waals surface area contributed by atoms with Gasteiger partial charge in [-0.1, -0.05) is 6.08 Å². The van der Waals surface area contributed by atoms with Gasteiger partial charge in [-0.05, 0) is 19.3 Å². The molecule has 0 heterocycles. The van der Waals surface area contributed by atoms with Gasteiger partial charge in [0, 0.05) is 12.7 Å². The lowest BCUT2D eigenvalue weighted by Crippen LogP contribution is -2.31. The number of allylic oxidation sites excluding steroid dienone is 2. The molecule has 10 heavy (non-hydrogen) atoms. The molecule has 0 bridgehead atoms. The number of carbonyl (C=O) groups is 1. The molecule has 3 nitrogen and oxygen atoms in total. The van der Waals surface area contributed by atoms with Gasteiger partial charge in [0.1, 0.15) is 0 Å². The Hall–Kier alpha value is -0.990. The second-order valence-electron chi connectivity index (χ2n) is 2.33. The van der Waals surface area contributed by atoms with Gasteiger partial charge in [0.2, 0.25) is 0 Å². The fraction of sp³-hybridized carbons (Fsp3) is 0.571. The molecule has 1 aliphatic carbocycles. The van der Waals surface area contributed by atoms with Crippen molar-refractivity contribution in [3.05, 3.63) is 11.8 Å². The maximum atomic E-state index is 10.7. The van der Waals surface area contributed by atoms with Crippen molar-refractivity contribution in [3.63, 3.8) is 0 Å². The smallest absolute Gasteiger partial charge is 0.318 e. The molecule has 56 valence electrons. The molecule has 0 atom stereocenters. The highest BCUT2D eigenvalue weighted by atomic mass is 16.2. The average molecular weight is 140 g/mol. The van der Waals surface area contributed by atoms with Crippen LogP contribution in [0, 0.1) is 0 Å². The van der Waals surface area contributed by atoms with Gasteiger partial charge >= 0.3 is 6.03 Å². The molecule has 0 spiro atoms. The molecule has 0 aliphatic heterocycles. The van der Waals surface area contributed by atoms with Gasteiger partial charge in [-0.15, -0.1) is 0 Å². The number of rotatable bonds is 1. The van der Waals surface area contributed by atoms with E-state index < -0.39 is 0 Å². The van der Waals surface area contributed by atoms with E-state index in [1.807, 2.05) is 0 Å². The molecule has 0 aromatic carbocycles. The minimum Gasteiger partial charge on any atom is -0.341 e. The van der Waals surface area contributed by atoms with Crippen LogP contribution in [-0.2, 0) is 0 Å². The van der Waals surface area contributed by atoms with Crippen molar-refractivity contribution in [2.75, 3.05) is 7.05 Å². The lowest BCUT2D eigenvalue weighted by molar-refractivity contribution is 0.245. The fourth-order valence-corrected chi connectivity index (χ4v) is 0.993. The summed E-state index contributed by atoms with van der Waals surface area (Å²) >= 11 is 0. The molecule has 1 rings (SSSR count). The zero-order chi connectivity index (χ0) is 7.40. The summed E-state index contributed by atoms with van der Waals surface area (Å²) in [6.07, 6.45) is 5.33. The first-order chi connectivity index (χ1) is 4.83. The topological polar surface area (TPSA) is 41.1 Å². The highest BCUT2D eigenvalue weighted by Crippen LogP contribution is 2.13. The van der Waals surface area contributed by atoms with E-state index in [1.165, 1.54) is 6.42 Å². The Balaban J connectivity index is 2.30. The molecule has 0 saturated carbocycles. The number of urea groups is 1. The molecule has 0 aromatic heterocycles. The predicted octanol–water partition coefficient (Wildman–Crippen LogP) is 0.983. The van der Waals surface area contributed by atoms with E-state index in [2.05, 4.69) is 16.7 Å². The van der Waals surface area contributed by atoms with Crippen LogP contribution in [0.1, 0.15) is 19.3 Å². The van der Waals surface area contributed by atoms with Crippen LogP contribution in [0.4, 0.5) is 4.79 Å². The Bertz CT molecular complexity index is 163. The second kappa shape index (κ2) is 3.25. The lowest BCUT2D eigenvalue weighted by atomic mass is 10.3. The number of nitrogens with one attached hydrogen (secondary N) is 2. The van der Waals surface area contributed by atoms with Crippen LogP contribution >= 0.6 is 0 Å². The van der Waals surface area contributed by atoms with E-state index >= 15 is 0 Å². The molecule has 0 saturated heterocycles. The molecule has 2 amide bonds. The Labute approximate surface area is 60.5 Å². The van der Waals surface area contributed by atoms with Crippen molar-refractivity contribution in [2.24, 2.45) is 0 Å². The third-order valence-corrected chi connectivity index (χ3v) is 1.54. The number of hydrogen-bond acceptors (Lipinski definition) is 1. The fourth-order valence-electron chi connectivity index (χ4n) is 0.993. The average Bonchev–Trinajstić information content (AvgIpc) is 2.40. The molecule has 1 aliphatic rings.